The summed E-state index contributed by atoms with van der Waals surface area (Å²) in [5, 5.41) is 0.358. The molecular formula is C11H23BN. The molecule has 13 heavy (non-hydrogen) atoms. The number of piperidine rings is 1. The Morgan fingerprint density at radius 3 is 2.08 bits per heavy atom. The summed E-state index contributed by atoms with van der Waals surface area (Å²) in [7, 11) is 2.46. The van der Waals surface area contributed by atoms with Gasteiger partial charge in [-0.2, -0.15) is 0 Å². The lowest BCUT2D eigenvalue weighted by atomic mass is 9.55. The quantitative estimate of drug-likeness (QED) is 0.603. The predicted octanol–water partition coefficient (Wildman–Crippen LogP) is 2.95. The number of nitrogens with zero attached hydrogens (tertiary/aromatic N) is 1. The third kappa shape index (κ3) is 3.34. The molecule has 1 saturated heterocycles. The van der Waals surface area contributed by atoms with Crippen LogP contribution in [0.2, 0.25) is 5.31 Å². The van der Waals surface area contributed by atoms with Crippen LogP contribution >= 0.6 is 0 Å². The van der Waals surface area contributed by atoms with E-state index in [1.165, 1.54) is 32.4 Å². The highest BCUT2D eigenvalue weighted by atomic mass is 15.0. The van der Waals surface area contributed by atoms with Gasteiger partial charge >= 0.3 is 0 Å². The van der Waals surface area contributed by atoms with Gasteiger partial charge in [-0.1, -0.05) is 34.1 Å². The fourth-order valence-electron chi connectivity index (χ4n) is 1.67. The number of hydrogen-bond donors (Lipinski definition) is 0. The van der Waals surface area contributed by atoms with Gasteiger partial charge in [0.25, 0.3) is 0 Å². The van der Waals surface area contributed by atoms with Crippen molar-refractivity contribution in [2.45, 2.75) is 52.3 Å². The predicted molar refractivity (Wildman–Crippen MR) is 60.1 cm³/mol. The highest BCUT2D eigenvalue weighted by Gasteiger charge is 2.27. The molecule has 2 heteroatoms. The van der Waals surface area contributed by atoms with Gasteiger partial charge in [0.1, 0.15) is 0 Å². The normalized spacial score (nSPS) is 20.7. The van der Waals surface area contributed by atoms with E-state index in [2.05, 4.69) is 39.9 Å². The Hall–Kier alpha value is 0.0249. The summed E-state index contributed by atoms with van der Waals surface area (Å²) in [5.74, 6) is 0.731. The van der Waals surface area contributed by atoms with Crippen molar-refractivity contribution in [1.29, 1.82) is 0 Å². The zero-order chi connectivity index (χ0) is 9.90. The summed E-state index contributed by atoms with van der Waals surface area (Å²) in [6, 6.07) is 0. The third-order valence-corrected chi connectivity index (χ3v) is 3.39. The first-order chi connectivity index (χ1) is 6.02. The maximum absolute atomic E-state index is 2.52. The van der Waals surface area contributed by atoms with Gasteiger partial charge in [0.2, 0.25) is 7.41 Å². The van der Waals surface area contributed by atoms with E-state index in [1.54, 1.807) is 0 Å². The summed E-state index contributed by atoms with van der Waals surface area (Å²) in [6.07, 6.45) is 4.18. The van der Waals surface area contributed by atoms with Crippen LogP contribution in [0, 0.1) is 5.92 Å². The Labute approximate surface area is 84.2 Å². The van der Waals surface area contributed by atoms with Crippen molar-refractivity contribution in [3.05, 3.63) is 0 Å². The molecule has 0 aromatic carbocycles. The average Bonchev–Trinajstić information content (AvgIpc) is 2.05. The van der Waals surface area contributed by atoms with Gasteiger partial charge in [0.05, 0.1) is 0 Å². The maximum Gasteiger partial charge on any atom is 0.214 e. The molecule has 0 bridgehead atoms. The van der Waals surface area contributed by atoms with Crippen molar-refractivity contribution < 1.29 is 0 Å². The van der Waals surface area contributed by atoms with Crippen LogP contribution in [0.25, 0.3) is 0 Å². The van der Waals surface area contributed by atoms with E-state index in [9.17, 15) is 0 Å². The van der Waals surface area contributed by atoms with Crippen molar-refractivity contribution >= 4 is 7.41 Å². The van der Waals surface area contributed by atoms with Gasteiger partial charge < -0.3 is 4.81 Å². The second-order valence-electron chi connectivity index (χ2n) is 5.20. The second-order valence-corrected chi connectivity index (χ2v) is 5.20. The Balaban J connectivity index is 2.37. The van der Waals surface area contributed by atoms with Crippen molar-refractivity contribution in [3.8, 4) is 0 Å². The topological polar surface area (TPSA) is 3.24 Å². The van der Waals surface area contributed by atoms with E-state index in [-0.39, 0.29) is 0 Å². The van der Waals surface area contributed by atoms with E-state index in [0.717, 1.165) is 5.92 Å². The smallest absolute Gasteiger partial charge is 0.214 e. The first-order valence-electron chi connectivity index (χ1n) is 5.62. The minimum absolute atomic E-state index is 0.358. The SMILES string of the molecule is CC(C)C(C)(C)[B]N1CCCCC1. The molecular weight excluding hydrogens is 157 g/mol. The fourth-order valence-corrected chi connectivity index (χ4v) is 1.67. The Bertz CT molecular complexity index is 148. The molecule has 1 aliphatic rings. The van der Waals surface area contributed by atoms with Gasteiger partial charge in [-0.15, -0.1) is 0 Å². The number of rotatable bonds is 3. The van der Waals surface area contributed by atoms with Gasteiger partial charge in [-0.25, -0.2) is 0 Å². The molecule has 1 heterocycles. The minimum atomic E-state index is 0.358. The van der Waals surface area contributed by atoms with Crippen LogP contribution in [0.1, 0.15) is 47.0 Å². The molecule has 1 rings (SSSR count). The molecule has 0 unspecified atom stereocenters. The lowest BCUT2D eigenvalue weighted by Gasteiger charge is -2.36. The first-order valence-corrected chi connectivity index (χ1v) is 5.62. The highest BCUT2D eigenvalue weighted by Crippen LogP contribution is 2.33. The standard InChI is InChI=1S/C11H23BN/c1-10(2)11(3,4)12-13-8-6-5-7-9-13/h10H,5-9H2,1-4H3. The molecule has 1 radical (unpaired) electrons. The Morgan fingerprint density at radius 2 is 1.62 bits per heavy atom. The Kier molecular flexibility index (Phi) is 3.84. The largest absolute Gasteiger partial charge is 0.346 e. The molecule has 75 valence electrons. The van der Waals surface area contributed by atoms with Crippen molar-refractivity contribution in [2.75, 3.05) is 13.1 Å². The average molecular weight is 180 g/mol. The zero-order valence-corrected chi connectivity index (χ0v) is 9.64. The van der Waals surface area contributed by atoms with E-state index in [1.807, 2.05) is 0 Å². The maximum atomic E-state index is 2.52. The lowest BCUT2D eigenvalue weighted by molar-refractivity contribution is 0.335. The summed E-state index contributed by atoms with van der Waals surface area (Å²) in [6.45, 7) is 11.8. The molecule has 0 atom stereocenters. The van der Waals surface area contributed by atoms with Gasteiger partial charge in [0, 0.05) is 0 Å². The van der Waals surface area contributed by atoms with Crippen molar-refractivity contribution in [3.63, 3.8) is 0 Å². The van der Waals surface area contributed by atoms with Crippen LogP contribution in [0.3, 0.4) is 0 Å². The molecule has 0 amide bonds. The molecule has 0 saturated carbocycles. The van der Waals surface area contributed by atoms with Crippen LogP contribution in [-0.4, -0.2) is 25.3 Å². The van der Waals surface area contributed by atoms with Crippen LogP contribution in [0.4, 0.5) is 0 Å². The van der Waals surface area contributed by atoms with Crippen LogP contribution in [-0.2, 0) is 0 Å². The molecule has 0 spiro atoms. The molecule has 0 aliphatic carbocycles. The van der Waals surface area contributed by atoms with Crippen LogP contribution in [0.5, 0.6) is 0 Å². The first kappa shape index (κ1) is 11.1. The number of hydrogen-bond acceptors (Lipinski definition) is 1. The third-order valence-electron chi connectivity index (χ3n) is 3.39. The van der Waals surface area contributed by atoms with E-state index in [0.29, 0.717) is 5.31 Å². The zero-order valence-electron chi connectivity index (χ0n) is 9.64. The Morgan fingerprint density at radius 1 is 1.08 bits per heavy atom. The molecule has 0 aromatic heterocycles. The monoisotopic (exact) mass is 180 g/mol. The van der Waals surface area contributed by atoms with E-state index < -0.39 is 0 Å². The van der Waals surface area contributed by atoms with Gasteiger partial charge in [-0.3, -0.25) is 0 Å². The minimum Gasteiger partial charge on any atom is -0.346 e. The highest BCUT2D eigenvalue weighted by molar-refractivity contribution is 6.36. The van der Waals surface area contributed by atoms with Gasteiger partial charge in [0.15, 0.2) is 0 Å². The summed E-state index contributed by atoms with van der Waals surface area (Å²) in [4.78, 5) is 2.52. The van der Waals surface area contributed by atoms with Crippen LogP contribution in [0.15, 0.2) is 0 Å². The molecule has 1 nitrogen and oxygen atoms in total. The summed E-state index contributed by atoms with van der Waals surface area (Å²) in [5.41, 5.74) is 0. The summed E-state index contributed by atoms with van der Waals surface area (Å²) >= 11 is 0. The van der Waals surface area contributed by atoms with Crippen molar-refractivity contribution in [2.24, 2.45) is 5.92 Å². The van der Waals surface area contributed by atoms with Crippen molar-refractivity contribution in [1.82, 2.24) is 4.81 Å². The second kappa shape index (κ2) is 4.50. The van der Waals surface area contributed by atoms with E-state index >= 15 is 0 Å². The molecule has 1 fully saturated rings. The molecule has 0 aromatic rings. The molecule has 1 aliphatic heterocycles. The molecule has 0 N–H and O–H groups in total. The summed E-state index contributed by atoms with van der Waals surface area (Å²) < 4.78 is 0. The fraction of sp³-hybridized carbons (Fsp3) is 1.00. The van der Waals surface area contributed by atoms with Gasteiger partial charge in [-0.05, 0) is 37.2 Å². The van der Waals surface area contributed by atoms with Crippen LogP contribution < -0.4 is 0 Å². The lowest BCUT2D eigenvalue weighted by Crippen LogP contribution is -2.39. The van der Waals surface area contributed by atoms with E-state index in [4.69, 9.17) is 0 Å².